The summed E-state index contributed by atoms with van der Waals surface area (Å²) in [6.07, 6.45) is 0. The fourth-order valence-electron chi connectivity index (χ4n) is 1.25. The number of hydrogen-bond donors (Lipinski definition) is 1. The molecule has 0 unspecified atom stereocenters. The van der Waals surface area contributed by atoms with Crippen molar-refractivity contribution in [3.05, 3.63) is 28.3 Å². The molecule has 1 N–H and O–H groups in total. The molecule has 70 valence electrons. The van der Waals surface area contributed by atoms with Crippen molar-refractivity contribution in [3.63, 3.8) is 0 Å². The summed E-state index contributed by atoms with van der Waals surface area (Å²) < 4.78 is 0. The van der Waals surface area contributed by atoms with E-state index in [-0.39, 0.29) is 5.91 Å². The number of hydrogen-bond acceptors (Lipinski definition) is 1. The van der Waals surface area contributed by atoms with Gasteiger partial charge >= 0.3 is 0 Å². The molecule has 3 heteroatoms. The zero-order valence-electron chi connectivity index (χ0n) is 7.94. The Morgan fingerprint density at radius 2 is 2.00 bits per heavy atom. The molecule has 0 saturated carbocycles. The maximum absolute atomic E-state index is 10.8. The summed E-state index contributed by atoms with van der Waals surface area (Å²) >= 11 is 5.96. The van der Waals surface area contributed by atoms with Crippen LogP contribution in [0, 0.1) is 13.8 Å². The van der Waals surface area contributed by atoms with E-state index < -0.39 is 0 Å². The van der Waals surface area contributed by atoms with Crippen LogP contribution in [0.3, 0.4) is 0 Å². The van der Waals surface area contributed by atoms with Gasteiger partial charge < -0.3 is 5.32 Å². The van der Waals surface area contributed by atoms with E-state index in [0.717, 1.165) is 11.1 Å². The Kier molecular flexibility index (Phi) is 2.94. The second-order valence-electron chi connectivity index (χ2n) is 3.12. The normalized spacial score (nSPS) is 9.85. The Bertz CT molecular complexity index is 324. The van der Waals surface area contributed by atoms with Gasteiger partial charge in [-0.25, -0.2) is 0 Å². The Balaban J connectivity index is 3.13. The van der Waals surface area contributed by atoms with Crippen LogP contribution in [0.4, 0.5) is 5.69 Å². The van der Waals surface area contributed by atoms with Crippen LogP contribution < -0.4 is 5.32 Å². The molecule has 1 rings (SSSR count). The molecule has 0 aromatic heterocycles. The summed E-state index contributed by atoms with van der Waals surface area (Å²) in [6, 6.07) is 3.82. The van der Waals surface area contributed by atoms with Gasteiger partial charge in [0.05, 0.1) is 10.7 Å². The van der Waals surface area contributed by atoms with Gasteiger partial charge in [-0.1, -0.05) is 17.7 Å². The van der Waals surface area contributed by atoms with E-state index in [2.05, 4.69) is 5.32 Å². The highest BCUT2D eigenvalue weighted by atomic mass is 35.5. The van der Waals surface area contributed by atoms with Crippen molar-refractivity contribution >= 4 is 23.2 Å². The quantitative estimate of drug-likeness (QED) is 0.737. The summed E-state index contributed by atoms with van der Waals surface area (Å²) in [5, 5.41) is 3.29. The molecule has 0 aliphatic rings. The molecular formula is C10H12ClNO. The zero-order chi connectivity index (χ0) is 10.0. The Morgan fingerprint density at radius 3 is 2.46 bits per heavy atom. The van der Waals surface area contributed by atoms with Crippen molar-refractivity contribution in [2.45, 2.75) is 20.8 Å². The average Bonchev–Trinajstić information content (AvgIpc) is 1.96. The van der Waals surface area contributed by atoms with E-state index in [1.807, 2.05) is 26.0 Å². The lowest BCUT2D eigenvalue weighted by Gasteiger charge is -2.09. The van der Waals surface area contributed by atoms with Crippen molar-refractivity contribution in [1.82, 2.24) is 0 Å². The standard InChI is InChI=1S/C10H12ClNO/c1-6-4-7(2)10(9(11)5-6)12-8(3)13/h4-5H,1-3H3,(H,12,13). The Hall–Kier alpha value is -1.02. The summed E-state index contributed by atoms with van der Waals surface area (Å²) in [5.41, 5.74) is 2.79. The Labute approximate surface area is 82.9 Å². The highest BCUT2D eigenvalue weighted by Crippen LogP contribution is 2.26. The molecule has 0 atom stereocenters. The number of halogens is 1. The number of anilines is 1. The molecule has 0 aliphatic carbocycles. The van der Waals surface area contributed by atoms with Gasteiger partial charge in [0.15, 0.2) is 0 Å². The van der Waals surface area contributed by atoms with Gasteiger partial charge in [0.2, 0.25) is 5.91 Å². The molecule has 1 aromatic carbocycles. The van der Waals surface area contributed by atoms with Crippen LogP contribution in [-0.2, 0) is 4.79 Å². The molecule has 0 aliphatic heterocycles. The van der Waals surface area contributed by atoms with E-state index in [1.54, 1.807) is 0 Å². The smallest absolute Gasteiger partial charge is 0.221 e. The number of carbonyl (C=O) groups is 1. The van der Waals surface area contributed by atoms with Gasteiger partial charge in [0, 0.05) is 6.92 Å². The first-order valence-electron chi connectivity index (χ1n) is 4.05. The molecular weight excluding hydrogens is 186 g/mol. The van der Waals surface area contributed by atoms with Gasteiger partial charge in [-0.15, -0.1) is 0 Å². The molecule has 1 aromatic rings. The van der Waals surface area contributed by atoms with Crippen molar-refractivity contribution in [2.24, 2.45) is 0 Å². The largest absolute Gasteiger partial charge is 0.325 e. The van der Waals surface area contributed by atoms with Crippen LogP contribution in [0.5, 0.6) is 0 Å². The van der Waals surface area contributed by atoms with E-state index in [4.69, 9.17) is 11.6 Å². The van der Waals surface area contributed by atoms with Crippen LogP contribution >= 0.6 is 11.6 Å². The molecule has 2 nitrogen and oxygen atoms in total. The maximum Gasteiger partial charge on any atom is 0.221 e. The van der Waals surface area contributed by atoms with Crippen LogP contribution in [0.1, 0.15) is 18.1 Å². The lowest BCUT2D eigenvalue weighted by atomic mass is 10.1. The van der Waals surface area contributed by atoms with Crippen LogP contribution in [-0.4, -0.2) is 5.91 Å². The first-order valence-corrected chi connectivity index (χ1v) is 4.43. The number of benzene rings is 1. The summed E-state index contributed by atoms with van der Waals surface area (Å²) in [4.78, 5) is 10.8. The molecule has 1 amide bonds. The minimum absolute atomic E-state index is 0.103. The van der Waals surface area contributed by atoms with Gasteiger partial charge in [0.1, 0.15) is 0 Å². The van der Waals surface area contributed by atoms with E-state index >= 15 is 0 Å². The average molecular weight is 198 g/mol. The molecule has 0 radical (unpaired) electrons. The molecule has 0 fully saturated rings. The highest BCUT2D eigenvalue weighted by Gasteiger charge is 2.05. The minimum atomic E-state index is -0.103. The number of carbonyl (C=O) groups excluding carboxylic acids is 1. The van der Waals surface area contributed by atoms with Gasteiger partial charge in [-0.3, -0.25) is 4.79 Å². The molecule has 0 saturated heterocycles. The summed E-state index contributed by atoms with van der Waals surface area (Å²) in [7, 11) is 0. The first kappa shape index (κ1) is 10.1. The van der Waals surface area contributed by atoms with Crippen molar-refractivity contribution < 1.29 is 4.79 Å². The highest BCUT2D eigenvalue weighted by molar-refractivity contribution is 6.34. The third-order valence-electron chi connectivity index (χ3n) is 1.73. The van der Waals surface area contributed by atoms with Crippen molar-refractivity contribution in [3.8, 4) is 0 Å². The Morgan fingerprint density at radius 1 is 1.38 bits per heavy atom. The van der Waals surface area contributed by atoms with E-state index in [9.17, 15) is 4.79 Å². The number of amides is 1. The second kappa shape index (κ2) is 3.79. The first-order chi connectivity index (χ1) is 6.00. The molecule has 0 heterocycles. The van der Waals surface area contributed by atoms with Gasteiger partial charge in [0.25, 0.3) is 0 Å². The second-order valence-corrected chi connectivity index (χ2v) is 3.53. The van der Waals surface area contributed by atoms with E-state index in [1.165, 1.54) is 6.92 Å². The van der Waals surface area contributed by atoms with Crippen LogP contribution in [0.15, 0.2) is 12.1 Å². The predicted octanol–water partition coefficient (Wildman–Crippen LogP) is 2.92. The maximum atomic E-state index is 10.8. The van der Waals surface area contributed by atoms with Crippen molar-refractivity contribution in [2.75, 3.05) is 5.32 Å². The van der Waals surface area contributed by atoms with Crippen LogP contribution in [0.2, 0.25) is 5.02 Å². The third-order valence-corrected chi connectivity index (χ3v) is 2.03. The van der Waals surface area contributed by atoms with E-state index in [0.29, 0.717) is 10.7 Å². The number of nitrogens with one attached hydrogen (secondary N) is 1. The summed E-state index contributed by atoms with van der Waals surface area (Å²) in [6.45, 7) is 5.36. The molecule has 0 bridgehead atoms. The lowest BCUT2D eigenvalue weighted by Crippen LogP contribution is -2.07. The number of rotatable bonds is 1. The van der Waals surface area contributed by atoms with Crippen LogP contribution in [0.25, 0.3) is 0 Å². The fraction of sp³-hybridized carbons (Fsp3) is 0.300. The lowest BCUT2D eigenvalue weighted by molar-refractivity contribution is -0.114. The predicted molar refractivity (Wildman–Crippen MR) is 55.2 cm³/mol. The minimum Gasteiger partial charge on any atom is -0.325 e. The SMILES string of the molecule is CC(=O)Nc1c(C)cc(C)cc1Cl. The van der Waals surface area contributed by atoms with Gasteiger partial charge in [-0.05, 0) is 31.0 Å². The molecule has 0 spiro atoms. The topological polar surface area (TPSA) is 29.1 Å². The third kappa shape index (κ3) is 2.46. The summed E-state index contributed by atoms with van der Waals surface area (Å²) in [5.74, 6) is -0.103. The monoisotopic (exact) mass is 197 g/mol. The van der Waals surface area contributed by atoms with Gasteiger partial charge in [-0.2, -0.15) is 0 Å². The molecule has 13 heavy (non-hydrogen) atoms. The van der Waals surface area contributed by atoms with Crippen molar-refractivity contribution in [1.29, 1.82) is 0 Å². The number of aryl methyl sites for hydroxylation is 2. The zero-order valence-corrected chi connectivity index (χ0v) is 8.70. The fourth-order valence-corrected chi connectivity index (χ4v) is 1.62.